The van der Waals surface area contributed by atoms with Crippen LogP contribution in [0.4, 0.5) is 0 Å². The third-order valence-corrected chi connectivity index (χ3v) is 7.07. The molecule has 0 bridgehead atoms. The second kappa shape index (κ2) is 9.95. The molecule has 1 saturated heterocycles. The van der Waals surface area contributed by atoms with Crippen LogP contribution in [0.25, 0.3) is 0 Å². The third-order valence-electron chi connectivity index (χ3n) is 5.15. The molecule has 0 saturated carbocycles. The number of hydrogen-bond acceptors (Lipinski definition) is 5. The highest BCUT2D eigenvalue weighted by atomic mass is 32.2. The van der Waals surface area contributed by atoms with Crippen molar-refractivity contribution in [2.45, 2.75) is 30.7 Å². The van der Waals surface area contributed by atoms with Gasteiger partial charge in [-0.1, -0.05) is 18.2 Å². The summed E-state index contributed by atoms with van der Waals surface area (Å²) < 4.78 is 37.7. The number of benzene rings is 2. The summed E-state index contributed by atoms with van der Waals surface area (Å²) in [5.74, 6) is 1.20. The van der Waals surface area contributed by atoms with E-state index in [9.17, 15) is 13.2 Å². The lowest BCUT2D eigenvalue weighted by molar-refractivity contribution is -0.126. The number of sulfonamides is 1. The van der Waals surface area contributed by atoms with E-state index < -0.39 is 10.0 Å². The molecule has 0 aliphatic carbocycles. The van der Waals surface area contributed by atoms with Crippen LogP contribution in [0.1, 0.15) is 19.8 Å². The van der Waals surface area contributed by atoms with Gasteiger partial charge in [-0.25, -0.2) is 8.42 Å². The van der Waals surface area contributed by atoms with Gasteiger partial charge in [0.05, 0.1) is 18.0 Å². The van der Waals surface area contributed by atoms with Crippen LogP contribution >= 0.6 is 0 Å². The minimum Gasteiger partial charge on any atom is -0.497 e. The van der Waals surface area contributed by atoms with Crippen molar-refractivity contribution in [1.29, 1.82) is 0 Å². The molecule has 1 atom stereocenters. The van der Waals surface area contributed by atoms with Crippen molar-refractivity contribution >= 4 is 15.9 Å². The number of rotatable bonds is 8. The molecule has 162 valence electrons. The molecule has 0 spiro atoms. The van der Waals surface area contributed by atoms with Gasteiger partial charge in [-0.2, -0.15) is 4.31 Å². The van der Waals surface area contributed by atoms with Crippen molar-refractivity contribution in [3.05, 3.63) is 54.6 Å². The second-order valence-electron chi connectivity index (χ2n) is 7.39. The lowest BCUT2D eigenvalue weighted by Gasteiger charge is -2.31. The van der Waals surface area contributed by atoms with E-state index in [-0.39, 0.29) is 22.8 Å². The van der Waals surface area contributed by atoms with Gasteiger partial charge in [0.25, 0.3) is 0 Å². The van der Waals surface area contributed by atoms with E-state index in [1.54, 1.807) is 37.4 Å². The third kappa shape index (κ3) is 5.52. The molecule has 1 fully saturated rings. The Morgan fingerprint density at radius 3 is 2.27 bits per heavy atom. The fourth-order valence-electron chi connectivity index (χ4n) is 3.40. The zero-order valence-corrected chi connectivity index (χ0v) is 18.1. The molecule has 2 aromatic rings. The zero-order valence-electron chi connectivity index (χ0n) is 17.3. The molecule has 0 aromatic heterocycles. The molecule has 3 rings (SSSR count). The van der Waals surface area contributed by atoms with Crippen LogP contribution in [-0.2, 0) is 14.8 Å². The van der Waals surface area contributed by atoms with Gasteiger partial charge in [-0.3, -0.25) is 4.79 Å². The van der Waals surface area contributed by atoms with Crippen LogP contribution in [0.5, 0.6) is 11.5 Å². The molecule has 2 aromatic carbocycles. The number of carbonyl (C=O) groups is 1. The highest BCUT2D eigenvalue weighted by Gasteiger charge is 2.32. The van der Waals surface area contributed by atoms with Crippen molar-refractivity contribution < 1.29 is 22.7 Å². The highest BCUT2D eigenvalue weighted by Crippen LogP contribution is 2.24. The molecular weight excluding hydrogens is 404 g/mol. The molecule has 1 heterocycles. The number of hydrogen-bond donors (Lipinski definition) is 1. The summed E-state index contributed by atoms with van der Waals surface area (Å²) in [6.45, 7) is 2.91. The van der Waals surface area contributed by atoms with Crippen molar-refractivity contribution in [3.63, 3.8) is 0 Å². The Balaban J connectivity index is 1.45. The van der Waals surface area contributed by atoms with Gasteiger partial charge in [0.1, 0.15) is 18.1 Å². The maximum atomic E-state index is 12.7. The summed E-state index contributed by atoms with van der Waals surface area (Å²) in [5, 5.41) is 2.97. The van der Waals surface area contributed by atoms with Crippen LogP contribution in [0.15, 0.2) is 59.5 Å². The van der Waals surface area contributed by atoms with Gasteiger partial charge in [-0.05, 0) is 56.2 Å². The minimum absolute atomic E-state index is 0.0578. The van der Waals surface area contributed by atoms with Crippen molar-refractivity contribution in [3.8, 4) is 11.5 Å². The largest absolute Gasteiger partial charge is 0.497 e. The predicted molar refractivity (Wildman–Crippen MR) is 114 cm³/mol. The van der Waals surface area contributed by atoms with Gasteiger partial charge in [0, 0.05) is 19.0 Å². The number of nitrogens with one attached hydrogen (secondary N) is 1. The molecule has 30 heavy (non-hydrogen) atoms. The maximum absolute atomic E-state index is 12.7. The Morgan fingerprint density at radius 1 is 1.07 bits per heavy atom. The van der Waals surface area contributed by atoms with Crippen molar-refractivity contribution in [2.24, 2.45) is 5.92 Å². The fraction of sp³-hybridized carbons (Fsp3) is 0.409. The number of amides is 1. The second-order valence-corrected chi connectivity index (χ2v) is 9.33. The Kier molecular flexibility index (Phi) is 7.33. The summed E-state index contributed by atoms with van der Waals surface area (Å²) in [4.78, 5) is 12.9. The monoisotopic (exact) mass is 432 g/mol. The normalized spacial score (nSPS) is 16.6. The van der Waals surface area contributed by atoms with Crippen LogP contribution in [0.3, 0.4) is 0 Å². The summed E-state index contributed by atoms with van der Waals surface area (Å²) in [6.07, 6.45) is 1.01. The first-order valence-corrected chi connectivity index (χ1v) is 11.5. The number of methoxy groups -OCH3 is 1. The Labute approximate surface area is 178 Å². The quantitative estimate of drug-likeness (QED) is 0.693. The standard InChI is InChI=1S/C22H28N2O5S/c1-17(16-29-20-10-8-19(28-2)9-11-20)23-22(25)18-12-14-24(15-13-18)30(26,27)21-6-4-3-5-7-21/h3-11,17-18H,12-16H2,1-2H3,(H,23,25)/t17-/m1/s1. The molecule has 1 N–H and O–H groups in total. The molecule has 7 nitrogen and oxygen atoms in total. The predicted octanol–water partition coefficient (Wildman–Crippen LogP) is 2.68. The zero-order chi connectivity index (χ0) is 21.6. The molecule has 1 amide bonds. The van der Waals surface area contributed by atoms with E-state index in [4.69, 9.17) is 9.47 Å². The maximum Gasteiger partial charge on any atom is 0.243 e. The van der Waals surface area contributed by atoms with E-state index >= 15 is 0 Å². The minimum atomic E-state index is -3.51. The van der Waals surface area contributed by atoms with Crippen LogP contribution in [0.2, 0.25) is 0 Å². The molecule has 0 unspecified atom stereocenters. The van der Waals surface area contributed by atoms with E-state index in [1.807, 2.05) is 31.2 Å². The van der Waals surface area contributed by atoms with E-state index in [2.05, 4.69) is 5.32 Å². The Bertz CT molecular complexity index is 924. The number of ether oxygens (including phenoxy) is 2. The Hall–Kier alpha value is -2.58. The first-order valence-electron chi connectivity index (χ1n) is 10.0. The van der Waals surface area contributed by atoms with Gasteiger partial charge < -0.3 is 14.8 Å². The van der Waals surface area contributed by atoms with E-state index in [0.29, 0.717) is 38.3 Å². The lowest BCUT2D eigenvalue weighted by Crippen LogP contribution is -2.45. The SMILES string of the molecule is COc1ccc(OC[C@@H](C)NC(=O)C2CCN(S(=O)(=O)c3ccccc3)CC2)cc1. The summed E-state index contributed by atoms with van der Waals surface area (Å²) in [5.41, 5.74) is 0. The summed E-state index contributed by atoms with van der Waals surface area (Å²) in [7, 11) is -1.90. The first-order chi connectivity index (χ1) is 14.4. The Morgan fingerprint density at radius 2 is 1.67 bits per heavy atom. The molecule has 0 radical (unpaired) electrons. The van der Waals surface area contributed by atoms with Gasteiger partial charge in [0.2, 0.25) is 15.9 Å². The molecular formula is C22H28N2O5S. The van der Waals surface area contributed by atoms with Gasteiger partial charge in [0.15, 0.2) is 0 Å². The first kappa shape index (κ1) is 22.1. The summed E-state index contributed by atoms with van der Waals surface area (Å²) >= 11 is 0. The van der Waals surface area contributed by atoms with Crippen LogP contribution in [-0.4, -0.2) is 51.5 Å². The smallest absolute Gasteiger partial charge is 0.243 e. The molecule has 1 aliphatic heterocycles. The molecule has 8 heteroatoms. The average molecular weight is 433 g/mol. The van der Waals surface area contributed by atoms with Crippen LogP contribution in [0, 0.1) is 5.92 Å². The highest BCUT2D eigenvalue weighted by molar-refractivity contribution is 7.89. The van der Waals surface area contributed by atoms with Gasteiger partial charge >= 0.3 is 0 Å². The van der Waals surface area contributed by atoms with E-state index in [0.717, 1.165) is 5.75 Å². The average Bonchev–Trinajstić information content (AvgIpc) is 2.78. The molecule has 1 aliphatic rings. The number of carbonyl (C=O) groups excluding carboxylic acids is 1. The van der Waals surface area contributed by atoms with Crippen molar-refractivity contribution in [2.75, 3.05) is 26.8 Å². The summed E-state index contributed by atoms with van der Waals surface area (Å²) in [6, 6.07) is 15.5. The van der Waals surface area contributed by atoms with Crippen molar-refractivity contribution in [1.82, 2.24) is 9.62 Å². The fourth-order valence-corrected chi connectivity index (χ4v) is 4.89. The number of nitrogens with zero attached hydrogens (tertiary/aromatic N) is 1. The van der Waals surface area contributed by atoms with Crippen LogP contribution < -0.4 is 14.8 Å². The lowest BCUT2D eigenvalue weighted by atomic mass is 9.97. The number of piperidine rings is 1. The van der Waals surface area contributed by atoms with E-state index in [1.165, 1.54) is 4.31 Å². The van der Waals surface area contributed by atoms with Gasteiger partial charge in [-0.15, -0.1) is 0 Å². The topological polar surface area (TPSA) is 84.9 Å².